The lowest BCUT2D eigenvalue weighted by atomic mass is 10.1. The van der Waals surface area contributed by atoms with Crippen LogP contribution in [0.2, 0.25) is 0 Å². The van der Waals surface area contributed by atoms with E-state index in [0.29, 0.717) is 0 Å². The molecule has 0 saturated carbocycles. The van der Waals surface area contributed by atoms with Gasteiger partial charge >= 0.3 is 0 Å². The SMILES string of the molecule is Cc1cccc2sc(Cc3ccc4ccccc4c3)nc12. The lowest BCUT2D eigenvalue weighted by molar-refractivity contribution is 1.16. The van der Waals surface area contributed by atoms with Crippen LogP contribution in [0.15, 0.2) is 60.7 Å². The van der Waals surface area contributed by atoms with Crippen LogP contribution < -0.4 is 0 Å². The molecule has 1 aromatic heterocycles. The molecule has 0 fully saturated rings. The van der Waals surface area contributed by atoms with E-state index in [0.717, 1.165) is 11.9 Å². The predicted molar refractivity (Wildman–Crippen MR) is 91.1 cm³/mol. The molecule has 4 rings (SSSR count). The average molecular weight is 289 g/mol. The maximum Gasteiger partial charge on any atom is 0.0982 e. The lowest BCUT2D eigenvalue weighted by Crippen LogP contribution is -1.87. The fourth-order valence-electron chi connectivity index (χ4n) is 2.73. The van der Waals surface area contributed by atoms with Crippen molar-refractivity contribution in [2.45, 2.75) is 13.3 Å². The van der Waals surface area contributed by atoms with E-state index in [1.165, 1.54) is 31.6 Å². The quantitative estimate of drug-likeness (QED) is 0.485. The van der Waals surface area contributed by atoms with Crippen molar-refractivity contribution in [3.63, 3.8) is 0 Å². The Morgan fingerprint density at radius 2 is 1.76 bits per heavy atom. The number of fused-ring (bicyclic) bond motifs is 2. The molecule has 0 radical (unpaired) electrons. The second kappa shape index (κ2) is 4.97. The van der Waals surface area contributed by atoms with Crippen molar-refractivity contribution < 1.29 is 0 Å². The van der Waals surface area contributed by atoms with Gasteiger partial charge in [-0.15, -0.1) is 11.3 Å². The Labute approximate surface area is 127 Å². The van der Waals surface area contributed by atoms with Crippen LogP contribution in [0.5, 0.6) is 0 Å². The number of nitrogens with zero attached hydrogens (tertiary/aromatic N) is 1. The molecule has 0 aliphatic carbocycles. The van der Waals surface area contributed by atoms with Crippen molar-refractivity contribution in [1.82, 2.24) is 4.98 Å². The van der Waals surface area contributed by atoms with E-state index in [4.69, 9.17) is 4.98 Å². The second-order valence-electron chi connectivity index (χ2n) is 5.39. The molecule has 0 bridgehead atoms. The molecule has 2 heteroatoms. The van der Waals surface area contributed by atoms with E-state index in [2.05, 4.69) is 67.6 Å². The molecule has 0 spiro atoms. The first kappa shape index (κ1) is 12.5. The van der Waals surface area contributed by atoms with Crippen LogP contribution >= 0.6 is 11.3 Å². The zero-order chi connectivity index (χ0) is 14.2. The molecule has 1 heterocycles. The van der Waals surface area contributed by atoms with Gasteiger partial charge in [0.05, 0.1) is 15.2 Å². The van der Waals surface area contributed by atoms with Gasteiger partial charge in [-0.25, -0.2) is 4.98 Å². The average Bonchev–Trinajstić information content (AvgIpc) is 2.91. The molecule has 0 aliphatic heterocycles. The standard InChI is InChI=1S/C19H15NS/c1-13-5-4-8-17-19(13)20-18(21-17)12-14-9-10-15-6-2-3-7-16(15)11-14/h2-11H,12H2,1H3. The van der Waals surface area contributed by atoms with E-state index in [1.807, 2.05) is 0 Å². The van der Waals surface area contributed by atoms with Crippen molar-refractivity contribution in [1.29, 1.82) is 0 Å². The number of rotatable bonds is 2. The molecule has 4 aromatic rings. The number of hydrogen-bond acceptors (Lipinski definition) is 2. The van der Waals surface area contributed by atoms with Crippen LogP contribution in [0.4, 0.5) is 0 Å². The van der Waals surface area contributed by atoms with Crippen LogP contribution in [0.25, 0.3) is 21.0 Å². The number of aromatic nitrogens is 1. The normalized spacial score (nSPS) is 11.3. The minimum atomic E-state index is 0.906. The molecule has 0 saturated heterocycles. The fourth-order valence-corrected chi connectivity index (χ4v) is 3.81. The first-order chi connectivity index (χ1) is 10.3. The monoisotopic (exact) mass is 289 g/mol. The van der Waals surface area contributed by atoms with Crippen LogP contribution in [0.1, 0.15) is 16.1 Å². The summed E-state index contributed by atoms with van der Waals surface area (Å²) in [6.45, 7) is 2.13. The third-order valence-corrected chi connectivity index (χ3v) is 4.85. The molecule has 1 nitrogen and oxygen atoms in total. The number of hydrogen-bond donors (Lipinski definition) is 0. The highest BCUT2D eigenvalue weighted by Gasteiger charge is 2.07. The van der Waals surface area contributed by atoms with E-state index in [9.17, 15) is 0 Å². The van der Waals surface area contributed by atoms with Crippen molar-refractivity contribution in [2.24, 2.45) is 0 Å². The Balaban J connectivity index is 1.73. The number of thiazole rings is 1. The molecular formula is C19H15NS. The molecule has 0 N–H and O–H groups in total. The van der Waals surface area contributed by atoms with Crippen LogP contribution in [-0.4, -0.2) is 4.98 Å². The van der Waals surface area contributed by atoms with Crippen LogP contribution in [-0.2, 0) is 6.42 Å². The van der Waals surface area contributed by atoms with Crippen LogP contribution in [0.3, 0.4) is 0 Å². The first-order valence-electron chi connectivity index (χ1n) is 7.12. The fraction of sp³-hybridized carbons (Fsp3) is 0.105. The molecule has 0 amide bonds. The summed E-state index contributed by atoms with van der Waals surface area (Å²) in [4.78, 5) is 4.81. The summed E-state index contributed by atoms with van der Waals surface area (Å²) in [5.74, 6) is 0. The van der Waals surface area contributed by atoms with E-state index >= 15 is 0 Å². The Kier molecular flexibility index (Phi) is 2.97. The summed E-state index contributed by atoms with van der Waals surface area (Å²) < 4.78 is 1.28. The smallest absolute Gasteiger partial charge is 0.0982 e. The highest BCUT2D eigenvalue weighted by Crippen LogP contribution is 2.27. The molecule has 102 valence electrons. The van der Waals surface area contributed by atoms with Gasteiger partial charge in [0.1, 0.15) is 0 Å². The predicted octanol–water partition coefficient (Wildman–Crippen LogP) is 5.35. The highest BCUT2D eigenvalue weighted by atomic mass is 32.1. The largest absolute Gasteiger partial charge is 0.241 e. The first-order valence-corrected chi connectivity index (χ1v) is 7.94. The van der Waals surface area contributed by atoms with Gasteiger partial charge in [-0.1, -0.05) is 54.6 Å². The maximum atomic E-state index is 4.81. The third kappa shape index (κ3) is 2.32. The van der Waals surface area contributed by atoms with E-state index in [1.54, 1.807) is 11.3 Å². The molecule has 0 atom stereocenters. The molecule has 0 aliphatic rings. The Morgan fingerprint density at radius 1 is 0.905 bits per heavy atom. The second-order valence-corrected chi connectivity index (χ2v) is 6.50. The van der Waals surface area contributed by atoms with Gasteiger partial charge in [0.2, 0.25) is 0 Å². The van der Waals surface area contributed by atoms with Gasteiger partial charge in [0.15, 0.2) is 0 Å². The number of aryl methyl sites for hydroxylation is 1. The number of para-hydroxylation sites is 1. The topological polar surface area (TPSA) is 12.9 Å². The summed E-state index contributed by atoms with van der Waals surface area (Å²) >= 11 is 1.80. The minimum absolute atomic E-state index is 0.906. The Hall–Kier alpha value is -2.19. The van der Waals surface area contributed by atoms with E-state index in [-0.39, 0.29) is 0 Å². The van der Waals surface area contributed by atoms with Gasteiger partial charge in [-0.3, -0.25) is 0 Å². The van der Waals surface area contributed by atoms with Gasteiger partial charge in [-0.2, -0.15) is 0 Å². The number of benzene rings is 3. The Morgan fingerprint density at radius 3 is 2.62 bits per heavy atom. The molecular weight excluding hydrogens is 274 g/mol. The summed E-state index contributed by atoms with van der Waals surface area (Å²) in [5, 5.41) is 3.78. The Bertz CT molecular complexity index is 937. The highest BCUT2D eigenvalue weighted by molar-refractivity contribution is 7.18. The molecule has 3 aromatic carbocycles. The van der Waals surface area contributed by atoms with Crippen molar-refractivity contribution in [3.05, 3.63) is 76.8 Å². The van der Waals surface area contributed by atoms with Crippen molar-refractivity contribution in [3.8, 4) is 0 Å². The minimum Gasteiger partial charge on any atom is -0.241 e. The zero-order valence-corrected chi connectivity index (χ0v) is 12.7. The lowest BCUT2D eigenvalue weighted by Gasteiger charge is -2.01. The van der Waals surface area contributed by atoms with E-state index < -0.39 is 0 Å². The van der Waals surface area contributed by atoms with Crippen molar-refractivity contribution >= 4 is 32.3 Å². The molecule has 0 unspecified atom stereocenters. The third-order valence-electron chi connectivity index (χ3n) is 3.83. The zero-order valence-electron chi connectivity index (χ0n) is 11.8. The van der Waals surface area contributed by atoms with Gasteiger partial charge in [0, 0.05) is 6.42 Å². The summed E-state index contributed by atoms with van der Waals surface area (Å²) in [6.07, 6.45) is 0.906. The van der Waals surface area contributed by atoms with Gasteiger partial charge < -0.3 is 0 Å². The molecule has 21 heavy (non-hydrogen) atoms. The van der Waals surface area contributed by atoms with Gasteiger partial charge in [-0.05, 0) is 34.9 Å². The summed E-state index contributed by atoms with van der Waals surface area (Å²) in [6, 6.07) is 21.6. The van der Waals surface area contributed by atoms with Crippen LogP contribution in [0, 0.1) is 6.92 Å². The maximum absolute atomic E-state index is 4.81. The van der Waals surface area contributed by atoms with Crippen molar-refractivity contribution in [2.75, 3.05) is 0 Å². The summed E-state index contributed by atoms with van der Waals surface area (Å²) in [7, 11) is 0. The van der Waals surface area contributed by atoms with Gasteiger partial charge in [0.25, 0.3) is 0 Å². The summed E-state index contributed by atoms with van der Waals surface area (Å²) in [5.41, 5.74) is 3.73.